The number of furan rings is 1. The Labute approximate surface area is 167 Å². The van der Waals surface area contributed by atoms with Crippen molar-refractivity contribution in [3.63, 3.8) is 0 Å². The van der Waals surface area contributed by atoms with Crippen molar-refractivity contribution in [1.82, 2.24) is 4.98 Å². The van der Waals surface area contributed by atoms with Gasteiger partial charge in [0, 0.05) is 48.7 Å². The molecule has 7 heteroatoms. The van der Waals surface area contributed by atoms with E-state index in [1.165, 1.54) is 12.5 Å². The number of Topliss-reactive ketones (excluding diaryl/α,β-unsaturated/α-hetero) is 1. The fourth-order valence-corrected chi connectivity index (χ4v) is 3.32. The molecule has 7 nitrogen and oxygen atoms in total. The molecule has 0 radical (unpaired) electrons. The number of aromatic nitrogens is 1. The molecule has 0 fully saturated rings. The highest BCUT2D eigenvalue weighted by molar-refractivity contribution is 6.06. The second-order valence-electron chi connectivity index (χ2n) is 6.74. The molecule has 0 aliphatic carbocycles. The molecular formula is C22H19N3O4. The van der Waals surface area contributed by atoms with Gasteiger partial charge in [-0.15, -0.1) is 0 Å². The van der Waals surface area contributed by atoms with Crippen molar-refractivity contribution in [3.8, 4) is 0 Å². The zero-order chi connectivity index (χ0) is 20.2. The average Bonchev–Trinajstić information content (AvgIpc) is 3.42. The Morgan fingerprint density at radius 1 is 1.10 bits per heavy atom. The number of carbonyl (C=O) groups is 3. The van der Waals surface area contributed by atoms with Crippen LogP contribution in [0, 0.1) is 0 Å². The Morgan fingerprint density at radius 3 is 2.76 bits per heavy atom. The van der Waals surface area contributed by atoms with Crippen molar-refractivity contribution in [2.45, 2.75) is 19.3 Å². The third-order valence-electron chi connectivity index (χ3n) is 4.80. The number of pyridine rings is 1. The van der Waals surface area contributed by atoms with E-state index in [2.05, 4.69) is 10.3 Å². The van der Waals surface area contributed by atoms with Crippen molar-refractivity contribution >= 4 is 29.0 Å². The number of nitrogens with one attached hydrogen (secondary N) is 1. The molecule has 0 saturated carbocycles. The lowest BCUT2D eigenvalue weighted by atomic mass is 10.1. The van der Waals surface area contributed by atoms with Crippen LogP contribution in [0.5, 0.6) is 0 Å². The number of fused-ring (bicyclic) bond motifs is 1. The molecule has 0 saturated heterocycles. The van der Waals surface area contributed by atoms with Gasteiger partial charge < -0.3 is 14.6 Å². The van der Waals surface area contributed by atoms with E-state index in [0.29, 0.717) is 17.8 Å². The number of carbonyl (C=O) groups excluding carboxylic acids is 3. The minimum Gasteiger partial charge on any atom is -0.459 e. The zero-order valence-electron chi connectivity index (χ0n) is 15.6. The van der Waals surface area contributed by atoms with Gasteiger partial charge in [-0.3, -0.25) is 19.4 Å². The van der Waals surface area contributed by atoms with Crippen molar-refractivity contribution in [2.24, 2.45) is 0 Å². The summed E-state index contributed by atoms with van der Waals surface area (Å²) in [5, 5.41) is 2.80. The Bertz CT molecular complexity index is 1050. The fourth-order valence-electron chi connectivity index (χ4n) is 3.32. The summed E-state index contributed by atoms with van der Waals surface area (Å²) >= 11 is 0. The first-order chi connectivity index (χ1) is 14.1. The first-order valence-electron chi connectivity index (χ1n) is 9.33. The number of amides is 2. The number of anilines is 2. The number of ketones is 1. The van der Waals surface area contributed by atoms with Crippen LogP contribution in [0.1, 0.15) is 39.3 Å². The Balaban J connectivity index is 1.40. The maximum Gasteiger partial charge on any atom is 0.293 e. The van der Waals surface area contributed by atoms with Gasteiger partial charge in [0.1, 0.15) is 0 Å². The molecule has 0 atom stereocenters. The summed E-state index contributed by atoms with van der Waals surface area (Å²) < 4.78 is 5.21. The lowest BCUT2D eigenvalue weighted by Crippen LogP contribution is -2.28. The predicted molar refractivity (Wildman–Crippen MR) is 107 cm³/mol. The van der Waals surface area contributed by atoms with Crippen LogP contribution >= 0.6 is 0 Å². The van der Waals surface area contributed by atoms with Gasteiger partial charge in [-0.25, -0.2) is 0 Å². The molecule has 0 bridgehead atoms. The van der Waals surface area contributed by atoms with Crippen molar-refractivity contribution in [1.29, 1.82) is 0 Å². The first kappa shape index (κ1) is 18.6. The van der Waals surface area contributed by atoms with Crippen LogP contribution in [0.25, 0.3) is 0 Å². The lowest BCUT2D eigenvalue weighted by Gasteiger charge is -2.17. The van der Waals surface area contributed by atoms with E-state index in [-0.39, 0.29) is 36.2 Å². The predicted octanol–water partition coefficient (Wildman–Crippen LogP) is 3.48. The molecule has 29 heavy (non-hydrogen) atoms. The van der Waals surface area contributed by atoms with Crippen LogP contribution in [-0.2, 0) is 11.2 Å². The summed E-state index contributed by atoms with van der Waals surface area (Å²) in [5.74, 6) is -0.318. The molecule has 2 amide bonds. The monoisotopic (exact) mass is 389 g/mol. The molecule has 2 aromatic heterocycles. The maximum atomic E-state index is 12.6. The van der Waals surface area contributed by atoms with E-state index in [0.717, 1.165) is 17.7 Å². The Kier molecular flexibility index (Phi) is 5.20. The van der Waals surface area contributed by atoms with Gasteiger partial charge in [-0.1, -0.05) is 6.07 Å². The SMILES string of the molecule is O=C(CCC(=O)c1cccnc1)Nc1ccc2c(c1)N(C(=O)c1ccco1)CC2. The van der Waals surface area contributed by atoms with E-state index < -0.39 is 0 Å². The molecule has 0 spiro atoms. The maximum absolute atomic E-state index is 12.6. The van der Waals surface area contributed by atoms with Crippen molar-refractivity contribution in [2.75, 3.05) is 16.8 Å². The third-order valence-corrected chi connectivity index (χ3v) is 4.80. The molecule has 1 N–H and O–H groups in total. The summed E-state index contributed by atoms with van der Waals surface area (Å²) in [6.07, 6.45) is 5.47. The number of hydrogen-bond acceptors (Lipinski definition) is 5. The average molecular weight is 389 g/mol. The largest absolute Gasteiger partial charge is 0.459 e. The van der Waals surface area contributed by atoms with E-state index in [1.54, 1.807) is 47.5 Å². The van der Waals surface area contributed by atoms with Gasteiger partial charge in [0.2, 0.25) is 5.91 Å². The smallest absolute Gasteiger partial charge is 0.293 e. The second-order valence-corrected chi connectivity index (χ2v) is 6.74. The minimum atomic E-state index is -0.260. The summed E-state index contributed by atoms with van der Waals surface area (Å²) in [6, 6.07) is 12.2. The summed E-state index contributed by atoms with van der Waals surface area (Å²) in [4.78, 5) is 42.6. The number of rotatable bonds is 6. The Morgan fingerprint density at radius 2 is 2.00 bits per heavy atom. The zero-order valence-corrected chi connectivity index (χ0v) is 15.6. The first-order valence-corrected chi connectivity index (χ1v) is 9.33. The fraction of sp³-hybridized carbons (Fsp3) is 0.182. The van der Waals surface area contributed by atoms with Crippen molar-refractivity contribution < 1.29 is 18.8 Å². The van der Waals surface area contributed by atoms with Crippen LogP contribution in [0.15, 0.2) is 65.5 Å². The highest BCUT2D eigenvalue weighted by atomic mass is 16.3. The lowest BCUT2D eigenvalue weighted by molar-refractivity contribution is -0.116. The van der Waals surface area contributed by atoms with E-state index in [4.69, 9.17) is 4.42 Å². The molecule has 1 aliphatic rings. The topological polar surface area (TPSA) is 92.5 Å². The van der Waals surface area contributed by atoms with E-state index in [9.17, 15) is 14.4 Å². The summed E-state index contributed by atoms with van der Waals surface area (Å²) in [7, 11) is 0. The van der Waals surface area contributed by atoms with Gasteiger partial charge in [0.15, 0.2) is 11.5 Å². The summed E-state index contributed by atoms with van der Waals surface area (Å²) in [5.41, 5.74) is 2.87. The highest BCUT2D eigenvalue weighted by Gasteiger charge is 2.27. The van der Waals surface area contributed by atoms with Gasteiger partial charge in [0.05, 0.1) is 6.26 Å². The molecule has 3 aromatic rings. The third kappa shape index (κ3) is 4.08. The molecule has 146 valence electrons. The molecular weight excluding hydrogens is 370 g/mol. The van der Waals surface area contributed by atoms with Gasteiger partial charge >= 0.3 is 0 Å². The van der Waals surface area contributed by atoms with Crippen LogP contribution in [0.2, 0.25) is 0 Å². The number of benzene rings is 1. The number of nitrogens with zero attached hydrogens (tertiary/aromatic N) is 2. The molecule has 0 unspecified atom stereocenters. The van der Waals surface area contributed by atoms with Gasteiger partial charge in [0.25, 0.3) is 5.91 Å². The minimum absolute atomic E-state index is 0.0693. The molecule has 3 heterocycles. The van der Waals surface area contributed by atoms with E-state index >= 15 is 0 Å². The standard InChI is InChI=1S/C22H19N3O4/c26-19(16-3-1-10-23-14-16)7-8-21(27)24-17-6-5-15-9-11-25(18(15)13-17)22(28)20-4-2-12-29-20/h1-6,10,12-14H,7-9,11H2,(H,24,27). The molecule has 4 rings (SSSR count). The molecule has 1 aliphatic heterocycles. The van der Waals surface area contributed by atoms with Gasteiger partial charge in [-0.05, 0) is 48.4 Å². The Hall–Kier alpha value is -3.74. The normalized spacial score (nSPS) is 12.5. The summed E-state index contributed by atoms with van der Waals surface area (Å²) in [6.45, 7) is 0.561. The molecule has 1 aromatic carbocycles. The van der Waals surface area contributed by atoms with E-state index in [1.807, 2.05) is 6.07 Å². The van der Waals surface area contributed by atoms with Crippen LogP contribution in [-0.4, -0.2) is 29.1 Å². The number of hydrogen-bond donors (Lipinski definition) is 1. The second kappa shape index (κ2) is 8.10. The quantitative estimate of drug-likeness (QED) is 0.652. The highest BCUT2D eigenvalue weighted by Crippen LogP contribution is 2.32. The van der Waals surface area contributed by atoms with Crippen molar-refractivity contribution in [3.05, 3.63) is 78.0 Å². The van der Waals surface area contributed by atoms with Gasteiger partial charge in [-0.2, -0.15) is 0 Å². The van der Waals surface area contributed by atoms with Crippen LogP contribution < -0.4 is 10.2 Å². The van der Waals surface area contributed by atoms with Crippen LogP contribution in [0.4, 0.5) is 11.4 Å². The van der Waals surface area contributed by atoms with Crippen LogP contribution in [0.3, 0.4) is 0 Å².